The molecular weight excluding hydrogens is 606 g/mol. The number of benzene rings is 2. The normalized spacial score (nSPS) is 9.92. The molecule has 2 aromatic rings. The minimum atomic E-state index is 0. The van der Waals surface area contributed by atoms with E-state index >= 15 is 0 Å². The maximum Gasteiger partial charge on any atom is 2.00 e. The summed E-state index contributed by atoms with van der Waals surface area (Å²) in [5.74, 6) is 0. The third kappa shape index (κ3) is 28.3. The summed E-state index contributed by atoms with van der Waals surface area (Å²) < 4.78 is 0. The Bertz CT molecular complexity index is 776. The van der Waals surface area contributed by atoms with Gasteiger partial charge >= 0.3 is 21.1 Å². The number of aryl methyl sites for hydroxylation is 1. The topological polar surface area (TPSA) is 26.0 Å². The smallest absolute Gasteiger partial charge is 0.358 e. The van der Waals surface area contributed by atoms with Crippen LogP contribution in [-0.2, 0) is 26.5 Å². The van der Waals surface area contributed by atoms with Crippen LogP contribution >= 0.6 is 0 Å². The van der Waals surface area contributed by atoms with Crippen LogP contribution in [0.25, 0.3) is 0 Å². The molecule has 202 valence electrons. The van der Waals surface area contributed by atoms with Crippen LogP contribution in [0.1, 0.15) is 84.9 Å². The van der Waals surface area contributed by atoms with Crippen LogP contribution in [0.5, 0.6) is 0 Å². The van der Waals surface area contributed by atoms with E-state index in [2.05, 4.69) is 95.5 Å². The Hall–Kier alpha value is -1.95. The van der Waals surface area contributed by atoms with Crippen LogP contribution < -0.4 is 5.73 Å². The minimum absolute atomic E-state index is 0. The molecule has 0 radical (unpaired) electrons. The summed E-state index contributed by atoms with van der Waals surface area (Å²) in [6, 6.07) is 18.8. The molecule has 36 heavy (non-hydrogen) atoms. The average molecular weight is 662 g/mol. The van der Waals surface area contributed by atoms with E-state index in [4.69, 9.17) is 0 Å². The van der Waals surface area contributed by atoms with Gasteiger partial charge in [-0.2, -0.15) is 23.8 Å². The van der Waals surface area contributed by atoms with Crippen molar-refractivity contribution >= 4 is 0 Å². The number of rotatable bonds is 5. The Morgan fingerprint density at radius 3 is 1.81 bits per heavy atom. The van der Waals surface area contributed by atoms with Crippen LogP contribution in [0, 0.1) is 20.4 Å². The number of hydrogen-bond donors (Lipinski definition) is 1. The van der Waals surface area contributed by atoms with Crippen LogP contribution in [0.4, 0.5) is 0 Å². The van der Waals surface area contributed by atoms with E-state index in [-0.39, 0.29) is 33.9 Å². The summed E-state index contributed by atoms with van der Waals surface area (Å²) in [7, 11) is 1.50. The molecule has 0 bridgehead atoms. The van der Waals surface area contributed by atoms with E-state index in [0.717, 1.165) is 18.4 Å². The zero-order valence-corrected chi connectivity index (χ0v) is 28.1. The quantitative estimate of drug-likeness (QED) is 0.147. The van der Waals surface area contributed by atoms with Gasteiger partial charge in [0.2, 0.25) is 0 Å². The second-order valence-electron chi connectivity index (χ2n) is 8.23. The summed E-state index contributed by atoms with van der Waals surface area (Å²) in [4.78, 5) is 0. The predicted octanol–water partition coefficient (Wildman–Crippen LogP) is 10.2. The molecule has 2 heteroatoms. The molecule has 2 rings (SSSR count). The second-order valence-corrected chi connectivity index (χ2v) is 8.23. The molecule has 0 spiro atoms. The number of allylic oxidation sites excluding steroid dienone is 6. The van der Waals surface area contributed by atoms with Gasteiger partial charge in [0.05, 0.1) is 0 Å². The first kappa shape index (κ1) is 44.1. The number of unbranched alkanes of at least 4 members (excludes halogenated alkanes) is 1. The summed E-state index contributed by atoms with van der Waals surface area (Å²) in [5.41, 5.74) is 10.00. The Balaban J connectivity index is -0.000000122. The van der Waals surface area contributed by atoms with Gasteiger partial charge in [-0.05, 0) is 51.6 Å². The molecule has 0 saturated heterocycles. The van der Waals surface area contributed by atoms with Gasteiger partial charge in [-0.25, -0.2) is 0 Å². The first-order chi connectivity index (χ1) is 16.2. The summed E-state index contributed by atoms with van der Waals surface area (Å²) in [6.45, 7) is 22.6. The van der Waals surface area contributed by atoms with Crippen molar-refractivity contribution < 1.29 is 21.1 Å². The Morgan fingerprint density at radius 2 is 1.42 bits per heavy atom. The molecule has 0 heterocycles. The van der Waals surface area contributed by atoms with Crippen LogP contribution in [0.2, 0.25) is 0 Å². The standard InChI is InChI=1S/C11H16.C10H16.C9H9.C2H6.CH5N.CH3.W/c1-9-5-7-10(8-6-9)11(2,3)4;1-4-6-7-9-10(3)8-5-2;1-2-6-9-7-4-3-5-8-9;2*1-2;;/h5-8H,1-4H3;4-5,8-9H,1,6-7H2,2-3H3;2-5,7-8H,1H3;1-2H3;2H2,1H3;1H3;/q;;-1;;;-1;+2/b;8-5-,10-9-;;;;;. The summed E-state index contributed by atoms with van der Waals surface area (Å²) in [5, 5.41) is 0. The van der Waals surface area contributed by atoms with Crippen molar-refractivity contribution in [3.8, 4) is 0 Å². The second kappa shape index (κ2) is 31.1. The molecule has 0 unspecified atom stereocenters. The summed E-state index contributed by atoms with van der Waals surface area (Å²) in [6.07, 6.45) is 15.5. The third-order valence-electron chi connectivity index (χ3n) is 4.27. The molecule has 0 saturated carbocycles. The van der Waals surface area contributed by atoms with Crippen molar-refractivity contribution in [3.63, 3.8) is 0 Å². The maximum atomic E-state index is 4.50. The average Bonchev–Trinajstić information content (AvgIpc) is 2.83. The zero-order valence-electron chi connectivity index (χ0n) is 25.2. The minimum Gasteiger partial charge on any atom is -0.358 e. The van der Waals surface area contributed by atoms with Gasteiger partial charge in [0.25, 0.3) is 0 Å². The van der Waals surface area contributed by atoms with E-state index < -0.39 is 0 Å². The van der Waals surface area contributed by atoms with Gasteiger partial charge in [0.15, 0.2) is 0 Å². The molecule has 0 aliphatic carbocycles. The molecule has 2 N–H and O–H groups in total. The van der Waals surface area contributed by atoms with Crippen LogP contribution in [0.3, 0.4) is 0 Å². The SMILES string of the molecule is C=CCC/C=C(C)\C=C/C.CC.CC=[C-]c1ccccc1.CN.Cc1ccc(C(C)(C)C)cc1.[CH3-].[W+2]. The molecule has 0 atom stereocenters. The van der Waals surface area contributed by atoms with Gasteiger partial charge in [-0.15, -0.1) is 24.8 Å². The Labute approximate surface area is 241 Å². The van der Waals surface area contributed by atoms with Crippen molar-refractivity contribution in [2.24, 2.45) is 5.73 Å². The molecule has 0 aliphatic heterocycles. The maximum absolute atomic E-state index is 4.50. The van der Waals surface area contributed by atoms with Crippen molar-refractivity contribution in [1.82, 2.24) is 0 Å². The largest absolute Gasteiger partial charge is 2.00 e. The molecule has 0 aromatic heterocycles. The predicted molar refractivity (Wildman–Crippen MR) is 165 cm³/mol. The number of nitrogens with two attached hydrogens (primary N) is 1. The van der Waals surface area contributed by atoms with Crippen molar-refractivity contribution in [2.45, 2.75) is 80.6 Å². The molecule has 1 nitrogen and oxygen atoms in total. The zero-order chi connectivity index (χ0) is 26.8. The fraction of sp³-hybridized carbons (Fsp3) is 0.382. The Morgan fingerprint density at radius 1 is 0.917 bits per heavy atom. The van der Waals surface area contributed by atoms with E-state index in [0.29, 0.717) is 0 Å². The number of hydrogen-bond acceptors (Lipinski definition) is 1. The summed E-state index contributed by atoms with van der Waals surface area (Å²) >= 11 is 0. The molecule has 2 aromatic carbocycles. The van der Waals surface area contributed by atoms with Gasteiger partial charge in [0, 0.05) is 0 Å². The van der Waals surface area contributed by atoms with E-state index in [1.54, 1.807) is 0 Å². The van der Waals surface area contributed by atoms with E-state index in [9.17, 15) is 0 Å². The fourth-order valence-electron chi connectivity index (χ4n) is 2.51. The Kier molecular flexibility index (Phi) is 38.0. The molecule has 0 aliphatic rings. The van der Waals surface area contributed by atoms with Gasteiger partial charge in [-0.3, -0.25) is 0 Å². The molecular formula is C34H55NW. The van der Waals surface area contributed by atoms with Gasteiger partial charge < -0.3 is 13.2 Å². The van der Waals surface area contributed by atoms with Crippen LogP contribution in [-0.4, -0.2) is 7.05 Å². The third-order valence-corrected chi connectivity index (χ3v) is 4.27. The first-order valence-corrected chi connectivity index (χ1v) is 12.4. The van der Waals surface area contributed by atoms with Crippen molar-refractivity contribution in [2.75, 3.05) is 7.05 Å². The van der Waals surface area contributed by atoms with Gasteiger partial charge in [0.1, 0.15) is 0 Å². The molecule has 0 amide bonds. The fourth-order valence-corrected chi connectivity index (χ4v) is 2.51. The van der Waals surface area contributed by atoms with Crippen molar-refractivity contribution in [3.05, 3.63) is 127 Å². The first-order valence-electron chi connectivity index (χ1n) is 12.4. The van der Waals surface area contributed by atoms with Crippen LogP contribution in [0.15, 0.2) is 97.1 Å². The molecule has 0 fully saturated rings. The monoisotopic (exact) mass is 661 g/mol. The van der Waals surface area contributed by atoms with Gasteiger partial charge in [-0.1, -0.05) is 107 Å². The van der Waals surface area contributed by atoms with E-state index in [1.807, 2.05) is 70.2 Å². The van der Waals surface area contributed by atoms with Crippen molar-refractivity contribution in [1.29, 1.82) is 0 Å². The van der Waals surface area contributed by atoms with E-state index in [1.165, 1.54) is 23.7 Å².